The third-order valence-corrected chi connectivity index (χ3v) is 3.33. The molecule has 1 aliphatic heterocycles. The van der Waals surface area contributed by atoms with Crippen molar-refractivity contribution < 1.29 is 4.79 Å². The molecule has 17 heavy (non-hydrogen) atoms. The number of hydrogen-bond donors (Lipinski definition) is 0. The lowest BCUT2D eigenvalue weighted by atomic mass is 9.99. The van der Waals surface area contributed by atoms with Crippen molar-refractivity contribution in [3.63, 3.8) is 0 Å². The summed E-state index contributed by atoms with van der Waals surface area (Å²) in [5, 5.41) is 8.72. The molecule has 1 heterocycles. The molecule has 0 aliphatic carbocycles. The van der Waals surface area contributed by atoms with Crippen molar-refractivity contribution in [2.45, 2.75) is 25.7 Å². The molecule has 1 unspecified atom stereocenters. The Labute approximate surface area is 102 Å². The second-order valence-electron chi connectivity index (χ2n) is 4.49. The van der Waals surface area contributed by atoms with Crippen LogP contribution in [0.2, 0.25) is 0 Å². The third-order valence-electron chi connectivity index (χ3n) is 3.33. The minimum Gasteiger partial charge on any atom is -0.342 e. The zero-order chi connectivity index (χ0) is 12.3. The predicted octanol–water partition coefficient (Wildman–Crippen LogP) is 2.28. The molecule has 0 spiro atoms. The summed E-state index contributed by atoms with van der Waals surface area (Å²) in [6, 6.07) is 9.36. The average molecular weight is 228 g/mol. The number of nitrogens with zero attached hydrogens (tertiary/aromatic N) is 2. The lowest BCUT2D eigenvalue weighted by molar-refractivity contribution is -0.131. The summed E-state index contributed by atoms with van der Waals surface area (Å²) >= 11 is 0. The number of carbonyl (C=O) groups excluding carboxylic acids is 1. The van der Waals surface area contributed by atoms with Gasteiger partial charge in [-0.15, -0.1) is 0 Å². The Bertz CT molecular complexity index is 438. The summed E-state index contributed by atoms with van der Waals surface area (Å²) in [5.41, 5.74) is 1.62. The molecule has 1 aromatic carbocycles. The van der Waals surface area contributed by atoms with Gasteiger partial charge >= 0.3 is 0 Å². The first kappa shape index (κ1) is 11.7. The van der Waals surface area contributed by atoms with Gasteiger partial charge in [0.05, 0.1) is 17.6 Å². The van der Waals surface area contributed by atoms with Gasteiger partial charge in [-0.05, 0) is 37.5 Å². The topological polar surface area (TPSA) is 44.1 Å². The molecule has 1 fully saturated rings. The van der Waals surface area contributed by atoms with Crippen molar-refractivity contribution in [1.29, 1.82) is 5.26 Å². The van der Waals surface area contributed by atoms with E-state index in [1.165, 1.54) is 0 Å². The van der Waals surface area contributed by atoms with E-state index in [1.54, 1.807) is 12.1 Å². The van der Waals surface area contributed by atoms with Crippen LogP contribution in [0.1, 0.15) is 36.8 Å². The third kappa shape index (κ3) is 2.47. The van der Waals surface area contributed by atoms with Crippen LogP contribution in [0.25, 0.3) is 0 Å². The van der Waals surface area contributed by atoms with Crippen molar-refractivity contribution in [2.75, 3.05) is 13.1 Å². The monoisotopic (exact) mass is 228 g/mol. The number of likely N-dealkylation sites (tertiary alicyclic amines) is 1. The van der Waals surface area contributed by atoms with Gasteiger partial charge in [-0.3, -0.25) is 4.79 Å². The molecule has 0 N–H and O–H groups in total. The average Bonchev–Trinajstić information content (AvgIpc) is 2.91. The fourth-order valence-electron chi connectivity index (χ4n) is 2.20. The minimum absolute atomic E-state index is 0.110. The van der Waals surface area contributed by atoms with Crippen molar-refractivity contribution in [3.8, 4) is 6.07 Å². The highest BCUT2D eigenvalue weighted by Gasteiger charge is 2.24. The normalized spacial score (nSPS) is 16.6. The molecule has 0 saturated carbocycles. The first-order valence-corrected chi connectivity index (χ1v) is 6.01. The van der Waals surface area contributed by atoms with E-state index in [1.807, 2.05) is 24.0 Å². The Balaban J connectivity index is 2.10. The Morgan fingerprint density at radius 3 is 2.41 bits per heavy atom. The van der Waals surface area contributed by atoms with Crippen LogP contribution in [-0.2, 0) is 4.79 Å². The highest BCUT2D eigenvalue weighted by molar-refractivity contribution is 5.83. The van der Waals surface area contributed by atoms with Crippen LogP contribution in [0.5, 0.6) is 0 Å². The maximum Gasteiger partial charge on any atom is 0.229 e. The van der Waals surface area contributed by atoms with Crippen molar-refractivity contribution in [1.82, 2.24) is 4.90 Å². The highest BCUT2D eigenvalue weighted by atomic mass is 16.2. The summed E-state index contributed by atoms with van der Waals surface area (Å²) in [4.78, 5) is 14.1. The van der Waals surface area contributed by atoms with E-state index in [-0.39, 0.29) is 11.8 Å². The molecule has 1 atom stereocenters. The van der Waals surface area contributed by atoms with E-state index in [4.69, 9.17) is 5.26 Å². The summed E-state index contributed by atoms with van der Waals surface area (Å²) in [7, 11) is 0. The number of nitriles is 1. The van der Waals surface area contributed by atoms with E-state index < -0.39 is 0 Å². The molecule has 1 aromatic rings. The van der Waals surface area contributed by atoms with Gasteiger partial charge in [0.15, 0.2) is 0 Å². The summed E-state index contributed by atoms with van der Waals surface area (Å²) in [6.07, 6.45) is 2.23. The molecule has 0 bridgehead atoms. The molecule has 0 radical (unpaired) electrons. The number of amides is 1. The van der Waals surface area contributed by atoms with Crippen molar-refractivity contribution >= 4 is 5.91 Å². The second-order valence-corrected chi connectivity index (χ2v) is 4.49. The van der Waals surface area contributed by atoms with Gasteiger partial charge < -0.3 is 4.90 Å². The van der Waals surface area contributed by atoms with Crippen LogP contribution in [0.4, 0.5) is 0 Å². The second kappa shape index (κ2) is 5.01. The van der Waals surface area contributed by atoms with Gasteiger partial charge in [-0.25, -0.2) is 0 Å². The number of rotatable bonds is 2. The maximum atomic E-state index is 12.2. The molecular formula is C14H16N2O. The smallest absolute Gasteiger partial charge is 0.229 e. The van der Waals surface area contributed by atoms with Crippen molar-refractivity contribution in [2.24, 2.45) is 0 Å². The lowest BCUT2D eigenvalue weighted by Gasteiger charge is -2.20. The first-order chi connectivity index (χ1) is 8.22. The Kier molecular flexibility index (Phi) is 3.43. The molecule has 1 amide bonds. The van der Waals surface area contributed by atoms with Gasteiger partial charge in [0.2, 0.25) is 5.91 Å². The SMILES string of the molecule is CC(C(=O)N1CCCC1)c1ccc(C#N)cc1. The fraction of sp³-hybridized carbons (Fsp3) is 0.429. The molecule has 1 saturated heterocycles. The number of benzene rings is 1. The zero-order valence-electron chi connectivity index (χ0n) is 10.0. The van der Waals surface area contributed by atoms with E-state index in [0.717, 1.165) is 31.5 Å². The molecule has 3 heteroatoms. The van der Waals surface area contributed by atoms with Gasteiger partial charge in [-0.2, -0.15) is 5.26 Å². The number of hydrogen-bond acceptors (Lipinski definition) is 2. The molecule has 3 nitrogen and oxygen atoms in total. The van der Waals surface area contributed by atoms with E-state index >= 15 is 0 Å². The highest BCUT2D eigenvalue weighted by Crippen LogP contribution is 2.21. The van der Waals surface area contributed by atoms with Crippen LogP contribution in [0, 0.1) is 11.3 Å². The molecule has 2 rings (SSSR count). The van der Waals surface area contributed by atoms with E-state index in [2.05, 4.69) is 6.07 Å². The Hall–Kier alpha value is -1.82. The van der Waals surface area contributed by atoms with Gasteiger partial charge in [0, 0.05) is 13.1 Å². The lowest BCUT2D eigenvalue weighted by Crippen LogP contribution is -2.31. The Morgan fingerprint density at radius 2 is 1.88 bits per heavy atom. The zero-order valence-corrected chi connectivity index (χ0v) is 10.0. The van der Waals surface area contributed by atoms with Crippen LogP contribution < -0.4 is 0 Å². The summed E-state index contributed by atoms with van der Waals surface area (Å²) in [6.45, 7) is 3.71. The minimum atomic E-state index is -0.110. The van der Waals surface area contributed by atoms with E-state index in [9.17, 15) is 4.79 Å². The number of carbonyl (C=O) groups is 1. The predicted molar refractivity (Wildman–Crippen MR) is 65.4 cm³/mol. The van der Waals surface area contributed by atoms with Crippen LogP contribution in [0.3, 0.4) is 0 Å². The fourth-order valence-corrected chi connectivity index (χ4v) is 2.20. The van der Waals surface area contributed by atoms with Gasteiger partial charge in [0.1, 0.15) is 0 Å². The summed E-state index contributed by atoms with van der Waals surface area (Å²) in [5.74, 6) is 0.0908. The molecular weight excluding hydrogens is 212 g/mol. The maximum absolute atomic E-state index is 12.2. The molecule has 88 valence electrons. The van der Waals surface area contributed by atoms with Crippen LogP contribution in [-0.4, -0.2) is 23.9 Å². The van der Waals surface area contributed by atoms with Gasteiger partial charge in [-0.1, -0.05) is 12.1 Å². The van der Waals surface area contributed by atoms with Crippen LogP contribution in [0.15, 0.2) is 24.3 Å². The van der Waals surface area contributed by atoms with Gasteiger partial charge in [0.25, 0.3) is 0 Å². The summed E-state index contributed by atoms with van der Waals surface area (Å²) < 4.78 is 0. The van der Waals surface area contributed by atoms with Crippen molar-refractivity contribution in [3.05, 3.63) is 35.4 Å². The molecule has 0 aromatic heterocycles. The quantitative estimate of drug-likeness (QED) is 0.779. The first-order valence-electron chi connectivity index (χ1n) is 6.01. The Morgan fingerprint density at radius 1 is 1.29 bits per heavy atom. The van der Waals surface area contributed by atoms with Crippen LogP contribution >= 0.6 is 0 Å². The standard InChI is InChI=1S/C14H16N2O/c1-11(14(17)16-8-2-3-9-16)13-6-4-12(10-15)5-7-13/h4-7,11H,2-3,8-9H2,1H3. The largest absolute Gasteiger partial charge is 0.342 e. The van der Waals surface area contributed by atoms with E-state index in [0.29, 0.717) is 5.56 Å². The molecule has 1 aliphatic rings.